The molecule has 14 rings (SSSR count). The average Bonchev–Trinajstić information content (AvgIpc) is 4.04. The Bertz CT molecular complexity index is 4100. The van der Waals surface area contributed by atoms with Crippen LogP contribution in [0.15, 0.2) is 199 Å². The van der Waals surface area contributed by atoms with Gasteiger partial charge >= 0.3 is 0 Å². The van der Waals surface area contributed by atoms with E-state index in [0.29, 0.717) is 5.95 Å². The zero-order valence-corrected chi connectivity index (χ0v) is 35.2. The molecule has 4 aromatic heterocycles. The van der Waals surface area contributed by atoms with Crippen LogP contribution in [0.2, 0.25) is 0 Å². The Balaban J connectivity index is 1.03. The Hall–Kier alpha value is -8.28. The van der Waals surface area contributed by atoms with Crippen molar-refractivity contribution in [3.8, 4) is 45.1 Å². The van der Waals surface area contributed by atoms with Crippen molar-refractivity contribution in [3.63, 3.8) is 0 Å². The highest BCUT2D eigenvalue weighted by molar-refractivity contribution is 6.18. The first kappa shape index (κ1) is 35.3. The van der Waals surface area contributed by atoms with Gasteiger partial charge in [0.1, 0.15) is 11.2 Å². The third-order valence-corrected chi connectivity index (χ3v) is 13.9. The van der Waals surface area contributed by atoms with Crippen LogP contribution in [0.5, 0.6) is 0 Å². The van der Waals surface area contributed by atoms with Gasteiger partial charge in [0.25, 0.3) is 0 Å². The van der Waals surface area contributed by atoms with Crippen molar-refractivity contribution in [3.05, 3.63) is 205 Å². The number of fused-ring (bicyclic) bond motifs is 13. The highest BCUT2D eigenvalue weighted by atomic mass is 16.3. The minimum absolute atomic E-state index is 0.104. The number of para-hydroxylation sites is 3. The van der Waals surface area contributed by atoms with Crippen LogP contribution >= 0.6 is 0 Å². The van der Waals surface area contributed by atoms with Crippen LogP contribution in [-0.2, 0) is 5.41 Å². The Morgan fingerprint density at radius 1 is 0.391 bits per heavy atom. The molecule has 0 aliphatic heterocycles. The molecule has 0 atom stereocenters. The van der Waals surface area contributed by atoms with E-state index in [1.165, 1.54) is 44.1 Å². The van der Waals surface area contributed by atoms with Crippen molar-refractivity contribution in [1.82, 2.24) is 19.1 Å². The summed E-state index contributed by atoms with van der Waals surface area (Å²) in [6.07, 6.45) is 0. The summed E-state index contributed by atoms with van der Waals surface area (Å²) in [7, 11) is 0. The summed E-state index contributed by atoms with van der Waals surface area (Å²) >= 11 is 0. The molecule has 1 aliphatic carbocycles. The van der Waals surface area contributed by atoms with Crippen LogP contribution in [0.1, 0.15) is 25.0 Å². The maximum atomic E-state index is 6.52. The lowest BCUT2D eigenvalue weighted by Gasteiger charge is -2.21. The molecule has 300 valence electrons. The lowest BCUT2D eigenvalue weighted by atomic mass is 9.82. The van der Waals surface area contributed by atoms with Gasteiger partial charge in [0.2, 0.25) is 5.95 Å². The summed E-state index contributed by atoms with van der Waals surface area (Å²) in [5.74, 6) is 0.619. The quantitative estimate of drug-likeness (QED) is 0.178. The van der Waals surface area contributed by atoms with Gasteiger partial charge in [0.05, 0.1) is 33.3 Å². The molecular formula is C59H38N4O. The highest BCUT2D eigenvalue weighted by Crippen LogP contribution is 2.51. The normalized spacial score (nSPS) is 13.3. The number of nitrogens with zero attached hydrogens (tertiary/aromatic N) is 4. The van der Waals surface area contributed by atoms with Gasteiger partial charge in [0.15, 0.2) is 0 Å². The molecule has 5 nitrogen and oxygen atoms in total. The van der Waals surface area contributed by atoms with E-state index < -0.39 is 0 Å². The standard InChI is InChI=1S/C59H38N4O/c1-59(2)48-22-12-9-19-39(48)42-31-45-43-29-36(25-27-51(43)62(53(45)33-49(42)59)38-17-7-4-8-18-38)37-26-28-52-44(30-37)46-32-47-40-20-11-14-24-55(40)64-56(47)34-54(46)63(52)58-60-50-23-13-10-21-41(50)57(61-58)35-15-5-3-6-16-35/h3-34H,1-2H3. The average molecular weight is 819 g/mol. The molecule has 0 spiro atoms. The number of furan rings is 1. The fourth-order valence-corrected chi connectivity index (χ4v) is 10.9. The van der Waals surface area contributed by atoms with E-state index >= 15 is 0 Å². The molecule has 0 bridgehead atoms. The Morgan fingerprint density at radius 2 is 1.02 bits per heavy atom. The highest BCUT2D eigenvalue weighted by Gasteiger charge is 2.36. The van der Waals surface area contributed by atoms with Gasteiger partial charge in [-0.25, -0.2) is 9.97 Å². The lowest BCUT2D eigenvalue weighted by molar-refractivity contribution is 0.661. The fourth-order valence-electron chi connectivity index (χ4n) is 10.9. The zero-order valence-electron chi connectivity index (χ0n) is 35.2. The van der Waals surface area contributed by atoms with Gasteiger partial charge < -0.3 is 8.98 Å². The van der Waals surface area contributed by atoms with Crippen molar-refractivity contribution in [2.45, 2.75) is 19.3 Å². The maximum absolute atomic E-state index is 6.52. The Labute approximate surface area is 368 Å². The number of aromatic nitrogens is 4. The first-order valence-electron chi connectivity index (χ1n) is 22.0. The number of hydrogen-bond donors (Lipinski definition) is 0. The maximum Gasteiger partial charge on any atom is 0.235 e. The van der Waals surface area contributed by atoms with Crippen LogP contribution in [0.4, 0.5) is 0 Å². The van der Waals surface area contributed by atoms with E-state index in [9.17, 15) is 0 Å². The summed E-state index contributed by atoms with van der Waals surface area (Å²) < 4.78 is 11.2. The molecule has 0 saturated heterocycles. The minimum Gasteiger partial charge on any atom is -0.456 e. The molecule has 5 heteroatoms. The third kappa shape index (κ3) is 4.89. The van der Waals surface area contributed by atoms with Crippen molar-refractivity contribution >= 4 is 76.5 Å². The second-order valence-corrected chi connectivity index (χ2v) is 17.8. The molecule has 0 fully saturated rings. The summed E-state index contributed by atoms with van der Waals surface area (Å²) in [5.41, 5.74) is 17.7. The van der Waals surface area contributed by atoms with Crippen molar-refractivity contribution in [2.75, 3.05) is 0 Å². The molecule has 4 heterocycles. The molecule has 64 heavy (non-hydrogen) atoms. The smallest absolute Gasteiger partial charge is 0.235 e. The van der Waals surface area contributed by atoms with E-state index in [4.69, 9.17) is 14.4 Å². The van der Waals surface area contributed by atoms with Crippen LogP contribution in [-0.4, -0.2) is 19.1 Å². The topological polar surface area (TPSA) is 48.8 Å². The first-order chi connectivity index (χ1) is 31.5. The van der Waals surface area contributed by atoms with Gasteiger partial charge in [-0.1, -0.05) is 135 Å². The molecule has 0 N–H and O–H groups in total. The van der Waals surface area contributed by atoms with Crippen molar-refractivity contribution in [1.29, 1.82) is 0 Å². The van der Waals surface area contributed by atoms with Crippen LogP contribution in [0.3, 0.4) is 0 Å². The van der Waals surface area contributed by atoms with Gasteiger partial charge in [-0.3, -0.25) is 4.57 Å². The van der Waals surface area contributed by atoms with Gasteiger partial charge in [-0.15, -0.1) is 0 Å². The summed E-state index contributed by atoms with van der Waals surface area (Å²) in [4.78, 5) is 10.6. The monoisotopic (exact) mass is 818 g/mol. The van der Waals surface area contributed by atoms with E-state index in [2.05, 4.69) is 193 Å². The molecule has 9 aromatic carbocycles. The number of hydrogen-bond acceptors (Lipinski definition) is 3. The SMILES string of the molecule is CC1(C)c2ccccc2-c2cc3c4cc(-c5ccc6c(c5)c5cc7c(cc5n6-c5nc(-c6ccccc6)c6ccccc6n5)oc5ccccc57)ccc4n(-c4ccccc4)c3cc21. The van der Waals surface area contributed by atoms with E-state index in [1.54, 1.807) is 0 Å². The van der Waals surface area contributed by atoms with Crippen LogP contribution < -0.4 is 0 Å². The van der Waals surface area contributed by atoms with Crippen LogP contribution in [0, 0.1) is 0 Å². The zero-order chi connectivity index (χ0) is 42.3. The summed E-state index contributed by atoms with van der Waals surface area (Å²) in [6.45, 7) is 4.72. The molecular weight excluding hydrogens is 781 g/mol. The predicted molar refractivity (Wildman–Crippen MR) is 264 cm³/mol. The third-order valence-electron chi connectivity index (χ3n) is 13.9. The van der Waals surface area contributed by atoms with Gasteiger partial charge in [-0.2, -0.15) is 0 Å². The molecule has 13 aromatic rings. The van der Waals surface area contributed by atoms with Crippen molar-refractivity contribution in [2.24, 2.45) is 0 Å². The second kappa shape index (κ2) is 12.9. The van der Waals surface area contributed by atoms with E-state index in [0.717, 1.165) is 82.7 Å². The molecule has 1 aliphatic rings. The van der Waals surface area contributed by atoms with Crippen molar-refractivity contribution < 1.29 is 4.42 Å². The molecule has 0 radical (unpaired) electrons. The van der Waals surface area contributed by atoms with Gasteiger partial charge in [-0.05, 0) is 100 Å². The molecule has 0 unspecified atom stereocenters. The molecule has 0 amide bonds. The largest absolute Gasteiger partial charge is 0.456 e. The Kier molecular flexibility index (Phi) is 7.11. The number of rotatable bonds is 4. The minimum atomic E-state index is -0.104. The number of benzene rings is 9. The lowest BCUT2D eigenvalue weighted by Crippen LogP contribution is -2.14. The first-order valence-corrected chi connectivity index (χ1v) is 22.0. The summed E-state index contributed by atoms with van der Waals surface area (Å²) in [5, 5.41) is 7.93. The molecule has 0 saturated carbocycles. The second-order valence-electron chi connectivity index (χ2n) is 17.8. The van der Waals surface area contributed by atoms with Gasteiger partial charge in [0, 0.05) is 60.4 Å². The van der Waals surface area contributed by atoms with E-state index in [1.807, 2.05) is 24.3 Å². The Morgan fingerprint density at radius 3 is 1.81 bits per heavy atom. The summed E-state index contributed by atoms with van der Waals surface area (Å²) in [6, 6.07) is 69.9. The predicted octanol–water partition coefficient (Wildman–Crippen LogP) is 15.4. The van der Waals surface area contributed by atoms with Crippen LogP contribution in [0.25, 0.3) is 122 Å². The van der Waals surface area contributed by atoms with E-state index in [-0.39, 0.29) is 5.41 Å². The fraction of sp³-hybridized carbons (Fsp3) is 0.0508.